The molecule has 3 heterocycles. The molecule has 1 saturated heterocycles. The van der Waals surface area contributed by atoms with Gasteiger partial charge in [0.2, 0.25) is 0 Å². The van der Waals surface area contributed by atoms with Gasteiger partial charge in [-0.1, -0.05) is 17.7 Å². The minimum Gasteiger partial charge on any atom is -0.486 e. The summed E-state index contributed by atoms with van der Waals surface area (Å²) >= 11 is 5.79. The maximum absolute atomic E-state index is 13.0. The molecule has 0 bridgehead atoms. The minimum absolute atomic E-state index is 0.0855. The smallest absolute Gasteiger partial charge is 0.316 e. The highest BCUT2D eigenvalue weighted by Crippen LogP contribution is 2.34. The number of benzene rings is 1. The fourth-order valence-electron chi connectivity index (χ4n) is 3.14. The molecule has 7 nitrogen and oxygen atoms in total. The molecule has 0 saturated carbocycles. The van der Waals surface area contributed by atoms with Gasteiger partial charge in [-0.25, -0.2) is 9.97 Å². The van der Waals surface area contributed by atoms with E-state index < -0.39 is 0 Å². The Hall–Kier alpha value is -2.54. The lowest BCUT2D eigenvalue weighted by Crippen LogP contribution is -2.44. The van der Waals surface area contributed by atoms with Crippen molar-refractivity contribution in [1.29, 1.82) is 0 Å². The second-order valence-corrected chi connectivity index (χ2v) is 6.58. The fourth-order valence-corrected chi connectivity index (χ4v) is 3.24. The third-order valence-electron chi connectivity index (χ3n) is 4.33. The molecule has 1 atom stereocenters. The Balaban J connectivity index is 1.47. The van der Waals surface area contributed by atoms with Gasteiger partial charge in [0.15, 0.2) is 11.5 Å². The average molecular weight is 376 g/mol. The van der Waals surface area contributed by atoms with Crippen molar-refractivity contribution in [2.75, 3.05) is 26.3 Å². The predicted octanol–water partition coefficient (Wildman–Crippen LogP) is 2.58. The Morgan fingerprint density at radius 1 is 1.23 bits per heavy atom. The predicted molar refractivity (Wildman–Crippen MR) is 94.0 cm³/mol. The van der Waals surface area contributed by atoms with Crippen molar-refractivity contribution in [3.05, 3.63) is 41.2 Å². The normalized spacial score (nSPS) is 19.1. The summed E-state index contributed by atoms with van der Waals surface area (Å²) in [6.07, 6.45) is 4.50. The Morgan fingerprint density at radius 3 is 2.88 bits per heavy atom. The van der Waals surface area contributed by atoms with Crippen LogP contribution in [0.5, 0.6) is 17.5 Å². The van der Waals surface area contributed by atoms with Crippen LogP contribution in [0.2, 0.25) is 5.02 Å². The summed E-state index contributed by atoms with van der Waals surface area (Å²) < 4.78 is 17.0. The molecule has 0 aliphatic carbocycles. The summed E-state index contributed by atoms with van der Waals surface area (Å²) in [5.74, 6) is 1.05. The van der Waals surface area contributed by atoms with Crippen molar-refractivity contribution < 1.29 is 19.0 Å². The third kappa shape index (κ3) is 3.53. The molecule has 0 N–H and O–H groups in total. The van der Waals surface area contributed by atoms with Gasteiger partial charge in [-0.05, 0) is 25.0 Å². The summed E-state index contributed by atoms with van der Waals surface area (Å²) in [6, 6.07) is 5.65. The SMILES string of the molecule is O=C(c1cccc2c1OCCO2)N1CCCC(Oc2ncc(Cl)cn2)C1. The van der Waals surface area contributed by atoms with E-state index in [0.717, 1.165) is 12.8 Å². The monoisotopic (exact) mass is 375 g/mol. The zero-order chi connectivity index (χ0) is 17.9. The van der Waals surface area contributed by atoms with Gasteiger partial charge in [-0.3, -0.25) is 4.79 Å². The first-order valence-corrected chi connectivity index (χ1v) is 8.90. The highest BCUT2D eigenvalue weighted by atomic mass is 35.5. The number of hydrogen-bond donors (Lipinski definition) is 0. The molecule has 1 aromatic heterocycles. The fraction of sp³-hybridized carbons (Fsp3) is 0.389. The number of para-hydroxylation sites is 1. The van der Waals surface area contributed by atoms with Crippen LogP contribution in [0.1, 0.15) is 23.2 Å². The van der Waals surface area contributed by atoms with Gasteiger partial charge < -0.3 is 19.1 Å². The molecule has 2 aromatic rings. The number of likely N-dealkylation sites (tertiary alicyclic amines) is 1. The van der Waals surface area contributed by atoms with Gasteiger partial charge >= 0.3 is 6.01 Å². The molecule has 1 unspecified atom stereocenters. The molecule has 1 fully saturated rings. The zero-order valence-corrected chi connectivity index (χ0v) is 14.8. The number of piperidine rings is 1. The van der Waals surface area contributed by atoms with Crippen molar-refractivity contribution in [2.24, 2.45) is 0 Å². The standard InChI is InChI=1S/C18H18ClN3O4/c19-12-9-20-18(21-10-12)26-13-3-2-6-22(11-13)17(23)14-4-1-5-15-16(14)25-8-7-24-15/h1,4-5,9-10,13H,2-3,6-8,11H2. The molecule has 1 aromatic carbocycles. The van der Waals surface area contributed by atoms with Crippen LogP contribution in [-0.2, 0) is 0 Å². The zero-order valence-electron chi connectivity index (χ0n) is 14.1. The van der Waals surface area contributed by atoms with Crippen LogP contribution in [-0.4, -0.2) is 53.2 Å². The summed E-state index contributed by atoms with van der Waals surface area (Å²) in [5, 5.41) is 0.453. The summed E-state index contributed by atoms with van der Waals surface area (Å²) in [6.45, 7) is 2.07. The van der Waals surface area contributed by atoms with Crippen molar-refractivity contribution in [1.82, 2.24) is 14.9 Å². The van der Waals surface area contributed by atoms with Crippen LogP contribution in [0.25, 0.3) is 0 Å². The first-order chi connectivity index (χ1) is 12.7. The van der Waals surface area contributed by atoms with Gasteiger partial charge in [-0.2, -0.15) is 0 Å². The van der Waals surface area contributed by atoms with E-state index in [4.69, 9.17) is 25.8 Å². The van der Waals surface area contributed by atoms with Gasteiger partial charge in [0.1, 0.15) is 19.3 Å². The van der Waals surface area contributed by atoms with E-state index in [9.17, 15) is 4.79 Å². The van der Waals surface area contributed by atoms with E-state index in [1.807, 2.05) is 6.07 Å². The quantitative estimate of drug-likeness (QED) is 0.821. The van der Waals surface area contributed by atoms with Gasteiger partial charge in [-0.15, -0.1) is 0 Å². The molecule has 26 heavy (non-hydrogen) atoms. The molecule has 0 radical (unpaired) electrons. The number of carbonyl (C=O) groups excluding carboxylic acids is 1. The number of halogens is 1. The highest BCUT2D eigenvalue weighted by molar-refractivity contribution is 6.30. The molecule has 136 valence electrons. The lowest BCUT2D eigenvalue weighted by Gasteiger charge is -2.33. The van der Waals surface area contributed by atoms with Crippen LogP contribution in [0.4, 0.5) is 0 Å². The third-order valence-corrected chi connectivity index (χ3v) is 4.53. The number of hydrogen-bond acceptors (Lipinski definition) is 6. The number of nitrogens with zero attached hydrogens (tertiary/aromatic N) is 3. The average Bonchev–Trinajstić information content (AvgIpc) is 2.69. The van der Waals surface area contributed by atoms with Crippen LogP contribution < -0.4 is 14.2 Å². The Bertz CT molecular complexity index is 800. The number of carbonyl (C=O) groups is 1. The van der Waals surface area contributed by atoms with E-state index in [0.29, 0.717) is 48.4 Å². The number of amides is 1. The first-order valence-electron chi connectivity index (χ1n) is 8.53. The Kier molecular flexibility index (Phi) is 4.79. The summed E-state index contributed by atoms with van der Waals surface area (Å²) in [4.78, 5) is 22.9. The van der Waals surface area contributed by atoms with Gasteiger partial charge in [0.25, 0.3) is 5.91 Å². The molecule has 8 heteroatoms. The molecule has 4 rings (SSSR count). The van der Waals surface area contributed by atoms with Crippen molar-refractivity contribution >= 4 is 17.5 Å². The number of rotatable bonds is 3. The van der Waals surface area contributed by atoms with Crippen LogP contribution in [0.15, 0.2) is 30.6 Å². The van der Waals surface area contributed by atoms with Crippen molar-refractivity contribution in [3.8, 4) is 17.5 Å². The van der Waals surface area contributed by atoms with E-state index in [-0.39, 0.29) is 18.0 Å². The second-order valence-electron chi connectivity index (χ2n) is 6.15. The highest BCUT2D eigenvalue weighted by Gasteiger charge is 2.29. The van der Waals surface area contributed by atoms with E-state index >= 15 is 0 Å². The molecule has 2 aliphatic heterocycles. The van der Waals surface area contributed by atoms with Crippen LogP contribution >= 0.6 is 11.6 Å². The topological polar surface area (TPSA) is 73.8 Å². The van der Waals surface area contributed by atoms with E-state index in [1.165, 1.54) is 12.4 Å². The molecule has 0 spiro atoms. The molecular formula is C18H18ClN3O4. The minimum atomic E-state index is -0.161. The lowest BCUT2D eigenvalue weighted by molar-refractivity contribution is 0.0508. The number of fused-ring (bicyclic) bond motifs is 1. The van der Waals surface area contributed by atoms with Crippen LogP contribution in [0, 0.1) is 0 Å². The molecule has 2 aliphatic rings. The molecular weight excluding hydrogens is 358 g/mol. The Morgan fingerprint density at radius 2 is 2.04 bits per heavy atom. The lowest BCUT2D eigenvalue weighted by atomic mass is 10.1. The number of ether oxygens (including phenoxy) is 3. The van der Waals surface area contributed by atoms with E-state index in [2.05, 4.69) is 9.97 Å². The van der Waals surface area contributed by atoms with E-state index in [1.54, 1.807) is 17.0 Å². The second kappa shape index (κ2) is 7.37. The Labute approximate surface area is 155 Å². The van der Waals surface area contributed by atoms with Crippen LogP contribution in [0.3, 0.4) is 0 Å². The molecule has 1 amide bonds. The largest absolute Gasteiger partial charge is 0.486 e. The first kappa shape index (κ1) is 16.9. The number of aromatic nitrogens is 2. The van der Waals surface area contributed by atoms with Crippen molar-refractivity contribution in [2.45, 2.75) is 18.9 Å². The van der Waals surface area contributed by atoms with Gasteiger partial charge in [0, 0.05) is 6.54 Å². The van der Waals surface area contributed by atoms with Crippen molar-refractivity contribution in [3.63, 3.8) is 0 Å². The summed E-state index contributed by atoms with van der Waals surface area (Å²) in [7, 11) is 0. The summed E-state index contributed by atoms with van der Waals surface area (Å²) in [5.41, 5.74) is 0.519. The maximum Gasteiger partial charge on any atom is 0.316 e. The maximum atomic E-state index is 13.0. The van der Waals surface area contributed by atoms with Gasteiger partial charge in [0.05, 0.1) is 29.5 Å².